The second-order valence-electron chi connectivity index (χ2n) is 3.43. The van der Waals surface area contributed by atoms with Crippen LogP contribution in [0, 0.1) is 5.41 Å². The van der Waals surface area contributed by atoms with E-state index >= 15 is 0 Å². The predicted octanol–water partition coefficient (Wildman–Crippen LogP) is 0.282. The van der Waals surface area contributed by atoms with Crippen LogP contribution in [-0.2, 0) is 0 Å². The average molecular weight is 128 g/mol. The predicted molar refractivity (Wildman–Crippen MR) is 32.9 cm³/mol. The highest BCUT2D eigenvalue weighted by atomic mass is 16.3. The standard InChI is InChI=1S/C7H12O2/c8-5-4-7(6(5)9)2-1-3-7/h5-6,8-9H,1-4H2/t5-,6?/m1/s1. The number of aliphatic hydroxyl groups is 2. The topological polar surface area (TPSA) is 40.5 Å². The Labute approximate surface area is 54.5 Å². The third-order valence-corrected chi connectivity index (χ3v) is 2.96. The van der Waals surface area contributed by atoms with Crippen molar-refractivity contribution in [2.75, 3.05) is 0 Å². The first-order valence-electron chi connectivity index (χ1n) is 3.61. The molecular weight excluding hydrogens is 116 g/mol. The molecule has 0 radical (unpaired) electrons. The minimum Gasteiger partial charge on any atom is -0.390 e. The Morgan fingerprint density at radius 2 is 1.89 bits per heavy atom. The van der Waals surface area contributed by atoms with E-state index in [9.17, 15) is 5.11 Å². The van der Waals surface area contributed by atoms with Gasteiger partial charge < -0.3 is 10.2 Å². The van der Waals surface area contributed by atoms with E-state index in [2.05, 4.69) is 0 Å². The maximum Gasteiger partial charge on any atom is 0.0856 e. The number of hydrogen-bond donors (Lipinski definition) is 2. The van der Waals surface area contributed by atoms with Gasteiger partial charge in [0.2, 0.25) is 0 Å². The Bertz CT molecular complexity index is 129. The highest BCUT2D eigenvalue weighted by molar-refractivity contribution is 5.06. The van der Waals surface area contributed by atoms with Gasteiger partial charge in [-0.25, -0.2) is 0 Å². The lowest BCUT2D eigenvalue weighted by molar-refractivity contribution is -0.197. The van der Waals surface area contributed by atoms with E-state index in [4.69, 9.17) is 5.11 Å². The Balaban J connectivity index is 2.02. The molecule has 0 aromatic carbocycles. The molecule has 0 bridgehead atoms. The largest absolute Gasteiger partial charge is 0.390 e. The van der Waals surface area contributed by atoms with Crippen molar-refractivity contribution in [3.05, 3.63) is 0 Å². The molecule has 2 fully saturated rings. The van der Waals surface area contributed by atoms with Crippen LogP contribution in [0.5, 0.6) is 0 Å². The molecule has 2 aliphatic rings. The number of rotatable bonds is 0. The van der Waals surface area contributed by atoms with Crippen molar-refractivity contribution < 1.29 is 10.2 Å². The van der Waals surface area contributed by atoms with E-state index in [1.165, 1.54) is 6.42 Å². The Morgan fingerprint density at radius 3 is 2.00 bits per heavy atom. The van der Waals surface area contributed by atoms with Crippen LogP contribution in [0.4, 0.5) is 0 Å². The molecule has 1 unspecified atom stereocenters. The lowest BCUT2D eigenvalue weighted by atomic mass is 9.53. The van der Waals surface area contributed by atoms with Gasteiger partial charge in [0, 0.05) is 5.41 Å². The zero-order valence-corrected chi connectivity index (χ0v) is 5.38. The zero-order chi connectivity index (χ0) is 6.48. The molecule has 0 amide bonds. The van der Waals surface area contributed by atoms with Crippen LogP contribution in [-0.4, -0.2) is 22.4 Å². The van der Waals surface area contributed by atoms with Crippen LogP contribution in [0.1, 0.15) is 25.7 Å². The Kier molecular flexibility index (Phi) is 0.945. The highest BCUT2D eigenvalue weighted by Crippen LogP contribution is 2.55. The van der Waals surface area contributed by atoms with Crippen molar-refractivity contribution in [3.8, 4) is 0 Å². The van der Waals surface area contributed by atoms with E-state index in [0.717, 1.165) is 19.3 Å². The van der Waals surface area contributed by atoms with Crippen LogP contribution in [0.25, 0.3) is 0 Å². The first-order valence-corrected chi connectivity index (χ1v) is 3.61. The summed E-state index contributed by atoms with van der Waals surface area (Å²) in [4.78, 5) is 0. The second-order valence-corrected chi connectivity index (χ2v) is 3.43. The van der Waals surface area contributed by atoms with Crippen LogP contribution in [0.2, 0.25) is 0 Å². The van der Waals surface area contributed by atoms with Gasteiger partial charge in [-0.05, 0) is 19.3 Å². The summed E-state index contributed by atoms with van der Waals surface area (Å²) in [6, 6.07) is 0. The lowest BCUT2D eigenvalue weighted by Crippen LogP contribution is -2.59. The van der Waals surface area contributed by atoms with E-state index < -0.39 is 12.2 Å². The molecule has 0 aliphatic heterocycles. The van der Waals surface area contributed by atoms with Gasteiger partial charge in [-0.2, -0.15) is 0 Å². The molecule has 0 heterocycles. The molecule has 2 nitrogen and oxygen atoms in total. The normalized spacial score (nSPS) is 46.0. The summed E-state index contributed by atoms with van der Waals surface area (Å²) < 4.78 is 0. The quantitative estimate of drug-likeness (QED) is 0.492. The fraction of sp³-hybridized carbons (Fsp3) is 1.00. The van der Waals surface area contributed by atoms with Gasteiger partial charge in [0.15, 0.2) is 0 Å². The van der Waals surface area contributed by atoms with E-state index in [-0.39, 0.29) is 5.41 Å². The SMILES string of the molecule is OC1[C@H](O)CC12CCC2. The van der Waals surface area contributed by atoms with E-state index in [0.29, 0.717) is 0 Å². The fourth-order valence-corrected chi connectivity index (χ4v) is 2.03. The van der Waals surface area contributed by atoms with Gasteiger partial charge >= 0.3 is 0 Å². The lowest BCUT2D eigenvalue weighted by Gasteiger charge is -2.56. The maximum absolute atomic E-state index is 9.24. The second kappa shape index (κ2) is 1.50. The first kappa shape index (κ1) is 5.69. The molecule has 0 aromatic heterocycles. The Morgan fingerprint density at radius 1 is 1.22 bits per heavy atom. The van der Waals surface area contributed by atoms with Crippen molar-refractivity contribution in [2.45, 2.75) is 37.9 Å². The third-order valence-electron chi connectivity index (χ3n) is 2.96. The summed E-state index contributed by atoms with van der Waals surface area (Å²) in [6.07, 6.45) is 3.53. The molecule has 2 heteroatoms. The van der Waals surface area contributed by atoms with Crippen LogP contribution < -0.4 is 0 Å². The average Bonchev–Trinajstić information content (AvgIpc) is 1.77. The van der Waals surface area contributed by atoms with Crippen LogP contribution in [0.15, 0.2) is 0 Å². The van der Waals surface area contributed by atoms with Gasteiger partial charge in [-0.1, -0.05) is 6.42 Å². The molecule has 1 spiro atoms. The number of hydrogen-bond acceptors (Lipinski definition) is 2. The van der Waals surface area contributed by atoms with Crippen molar-refractivity contribution >= 4 is 0 Å². The summed E-state index contributed by atoms with van der Waals surface area (Å²) in [5, 5.41) is 18.2. The van der Waals surface area contributed by atoms with Crippen molar-refractivity contribution in [3.63, 3.8) is 0 Å². The molecule has 52 valence electrons. The van der Waals surface area contributed by atoms with Crippen molar-refractivity contribution in [1.82, 2.24) is 0 Å². The smallest absolute Gasteiger partial charge is 0.0856 e. The molecule has 2 N–H and O–H groups in total. The van der Waals surface area contributed by atoms with Gasteiger partial charge in [0.25, 0.3) is 0 Å². The summed E-state index contributed by atoms with van der Waals surface area (Å²) in [5.41, 5.74) is 0.180. The highest BCUT2D eigenvalue weighted by Gasteiger charge is 2.55. The van der Waals surface area contributed by atoms with Crippen molar-refractivity contribution in [1.29, 1.82) is 0 Å². The minimum atomic E-state index is -0.412. The van der Waals surface area contributed by atoms with Gasteiger partial charge in [0.1, 0.15) is 0 Å². The van der Waals surface area contributed by atoms with Crippen LogP contribution in [0.3, 0.4) is 0 Å². The molecule has 2 atom stereocenters. The molecule has 2 aliphatic carbocycles. The summed E-state index contributed by atoms with van der Waals surface area (Å²) >= 11 is 0. The third kappa shape index (κ3) is 0.528. The van der Waals surface area contributed by atoms with Crippen molar-refractivity contribution in [2.24, 2.45) is 5.41 Å². The maximum atomic E-state index is 9.24. The van der Waals surface area contributed by atoms with Gasteiger partial charge in [0.05, 0.1) is 12.2 Å². The minimum absolute atomic E-state index is 0.180. The van der Waals surface area contributed by atoms with Crippen LogP contribution >= 0.6 is 0 Å². The zero-order valence-electron chi connectivity index (χ0n) is 5.38. The van der Waals surface area contributed by atoms with Gasteiger partial charge in [-0.3, -0.25) is 0 Å². The summed E-state index contributed by atoms with van der Waals surface area (Å²) in [6.45, 7) is 0. The monoisotopic (exact) mass is 128 g/mol. The molecule has 9 heavy (non-hydrogen) atoms. The Hall–Kier alpha value is -0.0800. The molecular formula is C7H12O2. The fourth-order valence-electron chi connectivity index (χ4n) is 2.03. The van der Waals surface area contributed by atoms with E-state index in [1.54, 1.807) is 0 Å². The molecule has 2 rings (SSSR count). The molecule has 2 saturated carbocycles. The van der Waals surface area contributed by atoms with E-state index in [1.807, 2.05) is 0 Å². The summed E-state index contributed by atoms with van der Waals surface area (Å²) in [7, 11) is 0. The number of aliphatic hydroxyl groups excluding tert-OH is 2. The summed E-state index contributed by atoms with van der Waals surface area (Å²) in [5.74, 6) is 0. The van der Waals surface area contributed by atoms with Gasteiger partial charge in [-0.15, -0.1) is 0 Å². The first-order chi connectivity index (χ1) is 4.25. The molecule has 0 aromatic rings. The molecule has 0 saturated heterocycles.